The molecule has 4 aromatic heterocycles. The molecule has 1 amide bonds. The van der Waals surface area contributed by atoms with Crippen molar-refractivity contribution < 1.29 is 13.6 Å². The highest BCUT2D eigenvalue weighted by Gasteiger charge is 2.41. The summed E-state index contributed by atoms with van der Waals surface area (Å²) < 4.78 is 29.5. The average molecular weight is 484 g/mol. The molecule has 0 bridgehead atoms. The minimum absolute atomic E-state index is 0.0407. The molecule has 0 spiro atoms. The van der Waals surface area contributed by atoms with E-state index in [1.54, 1.807) is 24.7 Å². The lowest BCUT2D eigenvalue weighted by Gasteiger charge is -2.45. The van der Waals surface area contributed by atoms with E-state index >= 15 is 0 Å². The number of carbonyl (C=O) groups is 1. The van der Waals surface area contributed by atoms with Gasteiger partial charge in [-0.2, -0.15) is 4.98 Å². The number of alkyl halides is 2. The van der Waals surface area contributed by atoms with Crippen LogP contribution in [0.1, 0.15) is 32.5 Å². The van der Waals surface area contributed by atoms with E-state index in [1.165, 1.54) is 11.5 Å². The summed E-state index contributed by atoms with van der Waals surface area (Å²) in [4.78, 5) is 24.8. The van der Waals surface area contributed by atoms with Gasteiger partial charge in [0.15, 0.2) is 11.5 Å². The lowest BCUT2D eigenvalue weighted by Crippen LogP contribution is -2.59. The van der Waals surface area contributed by atoms with Gasteiger partial charge < -0.3 is 20.5 Å². The highest BCUT2D eigenvalue weighted by atomic mass is 19.3. The Hall–Kier alpha value is -3.83. The van der Waals surface area contributed by atoms with Gasteiger partial charge in [-0.15, -0.1) is 5.10 Å². The molecule has 1 aliphatic carbocycles. The molecule has 35 heavy (non-hydrogen) atoms. The van der Waals surface area contributed by atoms with Crippen molar-refractivity contribution in [1.82, 2.24) is 34.4 Å². The van der Waals surface area contributed by atoms with Crippen LogP contribution in [0.2, 0.25) is 0 Å². The molecule has 4 heterocycles. The zero-order valence-corrected chi connectivity index (χ0v) is 19.9. The third-order valence-corrected chi connectivity index (χ3v) is 6.38. The molecular formula is C23H27F2N9O. The van der Waals surface area contributed by atoms with E-state index in [0.717, 1.165) is 29.5 Å². The van der Waals surface area contributed by atoms with Gasteiger partial charge in [0.05, 0.1) is 12.1 Å². The van der Waals surface area contributed by atoms with Crippen LogP contribution in [-0.2, 0) is 11.3 Å². The second kappa shape index (κ2) is 8.43. The molecule has 1 aliphatic rings. The third-order valence-electron chi connectivity index (χ3n) is 6.38. The predicted octanol–water partition coefficient (Wildman–Crippen LogP) is 3.23. The molecule has 0 unspecified atom stereocenters. The lowest BCUT2D eigenvalue weighted by atomic mass is 9.74. The summed E-state index contributed by atoms with van der Waals surface area (Å²) in [6.07, 6.45) is 2.56. The molecule has 5 rings (SSSR count). The molecule has 0 saturated heterocycles. The maximum absolute atomic E-state index is 13.1. The fourth-order valence-electron chi connectivity index (χ4n) is 4.97. The minimum Gasteiger partial charge on any atom is -0.371 e. The van der Waals surface area contributed by atoms with Gasteiger partial charge in [0.1, 0.15) is 11.3 Å². The highest BCUT2D eigenvalue weighted by molar-refractivity contribution is 5.91. The molecule has 0 atom stereocenters. The number of aromatic nitrogens is 6. The Kier molecular flexibility index (Phi) is 5.53. The van der Waals surface area contributed by atoms with Crippen molar-refractivity contribution in [1.29, 1.82) is 0 Å². The molecule has 3 N–H and O–H groups in total. The fraction of sp³-hybridized carbons (Fsp3) is 0.435. The fourth-order valence-corrected chi connectivity index (χ4v) is 4.97. The van der Waals surface area contributed by atoms with E-state index in [1.807, 2.05) is 25.3 Å². The third kappa shape index (κ3) is 4.24. The monoisotopic (exact) mass is 483 g/mol. The number of rotatable bonds is 7. The summed E-state index contributed by atoms with van der Waals surface area (Å²) >= 11 is 0. The van der Waals surface area contributed by atoms with Crippen molar-refractivity contribution in [2.45, 2.75) is 58.2 Å². The zero-order valence-electron chi connectivity index (χ0n) is 19.9. The first kappa shape index (κ1) is 22.9. The molecule has 1 saturated carbocycles. The van der Waals surface area contributed by atoms with Crippen LogP contribution in [0, 0.1) is 6.92 Å². The predicted molar refractivity (Wildman–Crippen MR) is 129 cm³/mol. The van der Waals surface area contributed by atoms with Crippen molar-refractivity contribution in [3.05, 3.63) is 30.4 Å². The number of amides is 1. The van der Waals surface area contributed by atoms with Gasteiger partial charge in [0.2, 0.25) is 11.9 Å². The van der Waals surface area contributed by atoms with Crippen molar-refractivity contribution in [2.75, 3.05) is 17.7 Å². The lowest BCUT2D eigenvalue weighted by molar-refractivity contribution is -0.121. The van der Waals surface area contributed by atoms with E-state index in [9.17, 15) is 13.6 Å². The first-order chi connectivity index (χ1) is 16.7. The standard InChI is InChI=1S/C23H27F2N9O/c1-12-28-20-17(33(12)11-18(24)25)7-14(10-27-20)16-5-6-34-19(16)21(26-4)30-22(32-34)29-15-8-23(3,9-15)31-13(2)35/h5-7,10,15,18H,8-9,11H2,1-4H3,(H,31,35)(H2,26,29,30,32). The van der Waals surface area contributed by atoms with Crippen LogP contribution in [0.5, 0.6) is 0 Å². The molecule has 184 valence electrons. The zero-order chi connectivity index (χ0) is 24.9. The normalized spacial score (nSPS) is 19.8. The summed E-state index contributed by atoms with van der Waals surface area (Å²) in [5.74, 6) is 1.54. The number of anilines is 2. The van der Waals surface area contributed by atoms with Crippen LogP contribution in [0.3, 0.4) is 0 Å². The molecule has 10 nitrogen and oxygen atoms in total. The Bertz CT molecular complexity index is 1420. The highest BCUT2D eigenvalue weighted by Crippen LogP contribution is 2.35. The van der Waals surface area contributed by atoms with Gasteiger partial charge in [-0.1, -0.05) is 0 Å². The number of nitrogens with one attached hydrogen (secondary N) is 3. The number of hydrogen-bond donors (Lipinski definition) is 3. The topological polar surface area (TPSA) is 114 Å². The molecule has 4 aromatic rings. The van der Waals surface area contributed by atoms with Crippen LogP contribution in [0.25, 0.3) is 27.8 Å². The second-order valence-electron chi connectivity index (χ2n) is 9.28. The Morgan fingerprint density at radius 1 is 1.31 bits per heavy atom. The van der Waals surface area contributed by atoms with Gasteiger partial charge in [-0.25, -0.2) is 23.3 Å². The van der Waals surface area contributed by atoms with Gasteiger partial charge in [-0.05, 0) is 38.8 Å². The number of carbonyl (C=O) groups excluding carboxylic acids is 1. The Balaban J connectivity index is 1.47. The molecule has 0 radical (unpaired) electrons. The SMILES string of the molecule is CNc1nc(NC2CC(C)(NC(C)=O)C2)nn2ccc(-c3cnc4nc(C)n(CC(F)F)c4c3)c12. The van der Waals surface area contributed by atoms with E-state index in [2.05, 4.69) is 36.0 Å². The van der Waals surface area contributed by atoms with E-state index in [4.69, 9.17) is 0 Å². The second-order valence-corrected chi connectivity index (χ2v) is 9.28. The maximum atomic E-state index is 13.1. The smallest absolute Gasteiger partial charge is 0.256 e. The van der Waals surface area contributed by atoms with Crippen LogP contribution in [0.15, 0.2) is 24.5 Å². The summed E-state index contributed by atoms with van der Waals surface area (Å²) in [5, 5.41) is 14.1. The maximum Gasteiger partial charge on any atom is 0.256 e. The Morgan fingerprint density at radius 3 is 2.77 bits per heavy atom. The van der Waals surface area contributed by atoms with E-state index < -0.39 is 13.0 Å². The van der Waals surface area contributed by atoms with Gasteiger partial charge >= 0.3 is 0 Å². The van der Waals surface area contributed by atoms with Gasteiger partial charge in [0, 0.05) is 49.1 Å². The summed E-state index contributed by atoms with van der Waals surface area (Å²) in [6, 6.07) is 3.87. The van der Waals surface area contributed by atoms with E-state index in [-0.39, 0.29) is 17.5 Å². The molecule has 1 fully saturated rings. The first-order valence-corrected chi connectivity index (χ1v) is 11.4. The summed E-state index contributed by atoms with van der Waals surface area (Å²) in [7, 11) is 1.78. The molecule has 12 heteroatoms. The number of imidazole rings is 1. The average Bonchev–Trinajstić information content (AvgIpc) is 3.32. The number of fused-ring (bicyclic) bond motifs is 2. The first-order valence-electron chi connectivity index (χ1n) is 11.4. The van der Waals surface area contributed by atoms with Crippen LogP contribution < -0.4 is 16.0 Å². The van der Waals surface area contributed by atoms with Crippen molar-refractivity contribution in [3.63, 3.8) is 0 Å². The number of nitrogens with zero attached hydrogens (tertiary/aromatic N) is 6. The Morgan fingerprint density at radius 2 is 2.09 bits per heavy atom. The van der Waals surface area contributed by atoms with Gasteiger partial charge in [-0.3, -0.25) is 4.79 Å². The number of pyridine rings is 1. The van der Waals surface area contributed by atoms with Crippen LogP contribution >= 0.6 is 0 Å². The summed E-state index contributed by atoms with van der Waals surface area (Å²) in [5.41, 5.74) is 3.07. The van der Waals surface area contributed by atoms with Crippen molar-refractivity contribution >= 4 is 34.4 Å². The number of halogens is 2. The molecule has 0 aromatic carbocycles. The molecular weight excluding hydrogens is 456 g/mol. The number of hydrogen-bond acceptors (Lipinski definition) is 7. The van der Waals surface area contributed by atoms with Crippen molar-refractivity contribution in [3.8, 4) is 11.1 Å². The summed E-state index contributed by atoms with van der Waals surface area (Å²) in [6.45, 7) is 4.80. The van der Waals surface area contributed by atoms with Crippen LogP contribution in [-0.4, -0.2) is 60.1 Å². The van der Waals surface area contributed by atoms with Crippen molar-refractivity contribution in [2.24, 2.45) is 0 Å². The Labute approximate surface area is 200 Å². The van der Waals surface area contributed by atoms with Crippen LogP contribution in [0.4, 0.5) is 20.5 Å². The molecule has 0 aliphatic heterocycles. The number of aryl methyl sites for hydroxylation is 1. The largest absolute Gasteiger partial charge is 0.371 e. The quantitative estimate of drug-likeness (QED) is 0.370. The minimum atomic E-state index is -2.49. The van der Waals surface area contributed by atoms with Gasteiger partial charge in [0.25, 0.3) is 6.43 Å². The van der Waals surface area contributed by atoms with E-state index in [0.29, 0.717) is 28.8 Å².